The number of amides is 2. The second-order valence-corrected chi connectivity index (χ2v) is 5.31. The minimum absolute atomic E-state index is 0.206. The van der Waals surface area contributed by atoms with Gasteiger partial charge in [-0.1, -0.05) is 6.07 Å². The zero-order valence-corrected chi connectivity index (χ0v) is 11.8. The van der Waals surface area contributed by atoms with Crippen LogP contribution in [0.5, 0.6) is 0 Å². The summed E-state index contributed by atoms with van der Waals surface area (Å²) in [4.78, 5) is 24.8. The molecule has 0 saturated carbocycles. The average molecular weight is 383 g/mol. The molecule has 2 amide bonds. The van der Waals surface area contributed by atoms with Gasteiger partial charge in [0.1, 0.15) is 0 Å². The summed E-state index contributed by atoms with van der Waals surface area (Å²) in [6.07, 6.45) is -5.55. The topological polar surface area (TPSA) is 37.4 Å². The van der Waals surface area contributed by atoms with Crippen LogP contribution in [0.3, 0.4) is 0 Å². The number of carbonyl (C=O) groups excluding carboxylic acids is 2. The first-order valence-corrected chi connectivity index (χ1v) is 6.60. The molecule has 0 spiro atoms. The first kappa shape index (κ1) is 14.3. The standard InChI is InChI=1S/C12H9F3INO2/c13-12(14,15)5-2-6-17-10(18)7-3-1-4-8(16)9(7)11(17)19/h1,3-4H,2,5-6H2. The van der Waals surface area contributed by atoms with Crippen LogP contribution in [0.2, 0.25) is 0 Å². The van der Waals surface area contributed by atoms with Crippen molar-refractivity contribution in [1.82, 2.24) is 4.90 Å². The van der Waals surface area contributed by atoms with Crippen molar-refractivity contribution in [3.8, 4) is 0 Å². The summed E-state index contributed by atoms with van der Waals surface area (Å²) in [5, 5.41) is 0. The lowest BCUT2D eigenvalue weighted by atomic mass is 10.1. The summed E-state index contributed by atoms with van der Waals surface area (Å²) >= 11 is 1.93. The Morgan fingerprint density at radius 1 is 1.16 bits per heavy atom. The molecule has 0 N–H and O–H groups in total. The molecule has 0 aliphatic carbocycles. The van der Waals surface area contributed by atoms with Crippen molar-refractivity contribution in [2.24, 2.45) is 0 Å². The van der Waals surface area contributed by atoms with E-state index in [9.17, 15) is 22.8 Å². The number of alkyl halides is 3. The smallest absolute Gasteiger partial charge is 0.274 e. The van der Waals surface area contributed by atoms with Gasteiger partial charge in [0.25, 0.3) is 11.8 Å². The minimum atomic E-state index is -4.27. The van der Waals surface area contributed by atoms with E-state index in [4.69, 9.17) is 0 Å². The summed E-state index contributed by atoms with van der Waals surface area (Å²) in [6, 6.07) is 4.84. The molecular weight excluding hydrogens is 374 g/mol. The third-order valence-corrected chi connectivity index (χ3v) is 3.69. The van der Waals surface area contributed by atoms with E-state index in [0.717, 1.165) is 4.90 Å². The Balaban J connectivity index is 2.13. The Labute approximate surface area is 120 Å². The van der Waals surface area contributed by atoms with E-state index in [0.29, 0.717) is 9.13 Å². The Kier molecular flexibility index (Phi) is 3.84. The molecule has 0 fully saturated rings. The van der Waals surface area contributed by atoms with E-state index in [-0.39, 0.29) is 18.5 Å². The Bertz CT molecular complexity index is 542. The van der Waals surface area contributed by atoms with Gasteiger partial charge in [-0.15, -0.1) is 0 Å². The molecule has 0 aromatic heterocycles. The normalized spacial score (nSPS) is 15.1. The quantitative estimate of drug-likeness (QED) is 0.594. The predicted molar refractivity (Wildman–Crippen MR) is 69.8 cm³/mol. The highest BCUT2D eigenvalue weighted by molar-refractivity contribution is 14.1. The zero-order chi connectivity index (χ0) is 14.2. The Hall–Kier alpha value is -1.12. The molecule has 0 unspecified atom stereocenters. The van der Waals surface area contributed by atoms with Crippen molar-refractivity contribution < 1.29 is 22.8 Å². The molecule has 7 heteroatoms. The van der Waals surface area contributed by atoms with E-state index in [1.807, 2.05) is 22.6 Å². The van der Waals surface area contributed by atoms with Gasteiger partial charge in [0, 0.05) is 16.5 Å². The number of fused-ring (bicyclic) bond motifs is 1. The largest absolute Gasteiger partial charge is 0.389 e. The number of halogens is 4. The van der Waals surface area contributed by atoms with Crippen LogP contribution >= 0.6 is 22.6 Å². The summed E-state index contributed by atoms with van der Waals surface area (Å²) in [6.45, 7) is -0.206. The molecule has 0 bridgehead atoms. The average Bonchev–Trinajstić information content (AvgIpc) is 2.54. The number of hydrogen-bond donors (Lipinski definition) is 0. The number of imide groups is 1. The number of carbonyl (C=O) groups is 2. The summed E-state index contributed by atoms with van der Waals surface area (Å²) in [5.41, 5.74) is 0.559. The van der Waals surface area contributed by atoms with Crippen molar-refractivity contribution in [3.05, 3.63) is 32.9 Å². The first-order chi connectivity index (χ1) is 8.81. The van der Waals surface area contributed by atoms with Gasteiger partial charge in [-0.2, -0.15) is 13.2 Å². The maximum Gasteiger partial charge on any atom is 0.389 e. The van der Waals surface area contributed by atoms with Crippen LogP contribution in [0.15, 0.2) is 18.2 Å². The fourth-order valence-electron chi connectivity index (χ4n) is 1.93. The second kappa shape index (κ2) is 5.10. The molecule has 0 atom stereocenters. The van der Waals surface area contributed by atoms with Gasteiger partial charge in [0.15, 0.2) is 0 Å². The van der Waals surface area contributed by atoms with Gasteiger partial charge in [-0.05, 0) is 41.1 Å². The lowest BCUT2D eigenvalue weighted by molar-refractivity contribution is -0.135. The van der Waals surface area contributed by atoms with Gasteiger partial charge >= 0.3 is 6.18 Å². The maximum atomic E-state index is 12.1. The highest BCUT2D eigenvalue weighted by Gasteiger charge is 2.37. The molecule has 1 aromatic carbocycles. The third kappa shape index (κ3) is 2.90. The molecule has 102 valence electrons. The SMILES string of the molecule is O=C1c2cccc(I)c2C(=O)N1CCCC(F)(F)F. The zero-order valence-electron chi connectivity index (χ0n) is 9.63. The van der Waals surface area contributed by atoms with E-state index >= 15 is 0 Å². The van der Waals surface area contributed by atoms with E-state index in [2.05, 4.69) is 0 Å². The molecule has 19 heavy (non-hydrogen) atoms. The lowest BCUT2D eigenvalue weighted by Gasteiger charge is -2.14. The molecule has 0 saturated heterocycles. The van der Waals surface area contributed by atoms with Crippen LogP contribution < -0.4 is 0 Å². The number of rotatable bonds is 3. The van der Waals surface area contributed by atoms with E-state index in [1.54, 1.807) is 12.1 Å². The third-order valence-electron chi connectivity index (χ3n) is 2.79. The van der Waals surface area contributed by atoms with Crippen molar-refractivity contribution in [2.75, 3.05) is 6.54 Å². The molecule has 1 aliphatic heterocycles. The van der Waals surface area contributed by atoms with Crippen LogP contribution in [0.4, 0.5) is 13.2 Å². The molecule has 1 aliphatic rings. The van der Waals surface area contributed by atoms with Gasteiger partial charge in [0.2, 0.25) is 0 Å². The maximum absolute atomic E-state index is 12.1. The molecule has 0 radical (unpaired) electrons. The van der Waals surface area contributed by atoms with Crippen molar-refractivity contribution in [3.63, 3.8) is 0 Å². The molecule has 1 heterocycles. The minimum Gasteiger partial charge on any atom is -0.274 e. The molecular formula is C12H9F3INO2. The van der Waals surface area contributed by atoms with Crippen LogP contribution in [0.25, 0.3) is 0 Å². The van der Waals surface area contributed by atoms with E-state index in [1.165, 1.54) is 6.07 Å². The van der Waals surface area contributed by atoms with Gasteiger partial charge in [-0.3, -0.25) is 14.5 Å². The lowest BCUT2D eigenvalue weighted by Crippen LogP contribution is -2.31. The Morgan fingerprint density at radius 3 is 2.42 bits per heavy atom. The number of nitrogens with zero attached hydrogens (tertiary/aromatic N) is 1. The predicted octanol–water partition coefficient (Wildman–Crippen LogP) is 3.23. The van der Waals surface area contributed by atoms with Crippen molar-refractivity contribution in [2.45, 2.75) is 19.0 Å². The van der Waals surface area contributed by atoms with Gasteiger partial charge < -0.3 is 0 Å². The van der Waals surface area contributed by atoms with Crippen LogP contribution in [0.1, 0.15) is 33.6 Å². The fourth-order valence-corrected chi connectivity index (χ4v) is 2.66. The summed E-state index contributed by atoms with van der Waals surface area (Å²) < 4.78 is 36.8. The highest BCUT2D eigenvalue weighted by Crippen LogP contribution is 2.28. The van der Waals surface area contributed by atoms with Gasteiger partial charge in [-0.25, -0.2) is 0 Å². The van der Waals surface area contributed by atoms with Crippen LogP contribution in [0, 0.1) is 3.57 Å². The number of hydrogen-bond acceptors (Lipinski definition) is 2. The summed E-state index contributed by atoms with van der Waals surface area (Å²) in [7, 11) is 0. The van der Waals surface area contributed by atoms with Gasteiger partial charge in [0.05, 0.1) is 11.1 Å². The van der Waals surface area contributed by atoms with E-state index < -0.39 is 24.4 Å². The summed E-state index contributed by atoms with van der Waals surface area (Å²) in [5.74, 6) is -1.02. The van der Waals surface area contributed by atoms with Crippen molar-refractivity contribution in [1.29, 1.82) is 0 Å². The Morgan fingerprint density at radius 2 is 1.84 bits per heavy atom. The first-order valence-electron chi connectivity index (χ1n) is 5.53. The molecule has 1 aromatic rings. The van der Waals surface area contributed by atoms with Crippen molar-refractivity contribution >= 4 is 34.4 Å². The van der Waals surface area contributed by atoms with Crippen LogP contribution in [-0.4, -0.2) is 29.4 Å². The fraction of sp³-hybridized carbons (Fsp3) is 0.333. The molecule has 2 rings (SSSR count). The monoisotopic (exact) mass is 383 g/mol. The second-order valence-electron chi connectivity index (χ2n) is 4.14. The number of benzene rings is 1. The molecule has 3 nitrogen and oxygen atoms in total. The highest BCUT2D eigenvalue weighted by atomic mass is 127. The van der Waals surface area contributed by atoms with Crippen LogP contribution in [-0.2, 0) is 0 Å².